The molecule has 0 saturated heterocycles. The zero-order valence-electron chi connectivity index (χ0n) is 11.4. The molecule has 0 aromatic heterocycles. The number of amides is 3. The SMILES string of the molecule is CC(C)CNC(=O)NCCNC(=O)c1ccccc1. The molecule has 5 nitrogen and oxygen atoms in total. The topological polar surface area (TPSA) is 70.2 Å². The molecule has 0 bridgehead atoms. The van der Waals surface area contributed by atoms with Gasteiger partial charge in [0.2, 0.25) is 0 Å². The summed E-state index contributed by atoms with van der Waals surface area (Å²) in [6, 6.07) is 8.77. The maximum atomic E-state index is 11.7. The van der Waals surface area contributed by atoms with E-state index in [1.807, 2.05) is 32.0 Å². The molecule has 0 aliphatic heterocycles. The van der Waals surface area contributed by atoms with Crippen LogP contribution in [0, 0.1) is 5.92 Å². The van der Waals surface area contributed by atoms with Gasteiger partial charge in [-0.2, -0.15) is 0 Å². The Bertz CT molecular complexity index is 404. The van der Waals surface area contributed by atoms with Crippen LogP contribution in [0.3, 0.4) is 0 Å². The number of carbonyl (C=O) groups is 2. The Hall–Kier alpha value is -2.04. The molecule has 1 aromatic rings. The lowest BCUT2D eigenvalue weighted by molar-refractivity contribution is 0.0954. The van der Waals surface area contributed by atoms with Crippen molar-refractivity contribution in [3.05, 3.63) is 35.9 Å². The Labute approximate surface area is 113 Å². The molecule has 0 atom stereocenters. The van der Waals surface area contributed by atoms with Crippen LogP contribution in [-0.4, -0.2) is 31.6 Å². The van der Waals surface area contributed by atoms with Gasteiger partial charge in [0.1, 0.15) is 0 Å². The third kappa shape index (κ3) is 6.45. The third-order valence-electron chi connectivity index (χ3n) is 2.40. The molecule has 3 amide bonds. The molecule has 104 valence electrons. The van der Waals surface area contributed by atoms with Gasteiger partial charge >= 0.3 is 6.03 Å². The Balaban J connectivity index is 2.14. The minimum atomic E-state index is -0.206. The fraction of sp³-hybridized carbons (Fsp3) is 0.429. The summed E-state index contributed by atoms with van der Waals surface area (Å²) in [6.45, 7) is 5.51. The molecule has 3 N–H and O–H groups in total. The van der Waals surface area contributed by atoms with E-state index in [1.165, 1.54) is 0 Å². The van der Waals surface area contributed by atoms with Gasteiger partial charge in [-0.15, -0.1) is 0 Å². The molecule has 19 heavy (non-hydrogen) atoms. The van der Waals surface area contributed by atoms with E-state index in [2.05, 4.69) is 16.0 Å². The lowest BCUT2D eigenvalue weighted by Gasteiger charge is -2.10. The molecular formula is C14H21N3O2. The smallest absolute Gasteiger partial charge is 0.314 e. The van der Waals surface area contributed by atoms with Gasteiger partial charge in [0, 0.05) is 25.2 Å². The molecule has 0 aliphatic rings. The first-order valence-corrected chi connectivity index (χ1v) is 6.44. The van der Waals surface area contributed by atoms with Crippen LogP contribution in [0.2, 0.25) is 0 Å². The molecular weight excluding hydrogens is 242 g/mol. The van der Waals surface area contributed by atoms with Crippen molar-refractivity contribution in [2.75, 3.05) is 19.6 Å². The molecule has 5 heteroatoms. The van der Waals surface area contributed by atoms with E-state index in [4.69, 9.17) is 0 Å². The molecule has 0 unspecified atom stereocenters. The summed E-state index contributed by atoms with van der Waals surface area (Å²) in [7, 11) is 0. The van der Waals surface area contributed by atoms with E-state index < -0.39 is 0 Å². The molecule has 0 spiro atoms. The van der Waals surface area contributed by atoms with Crippen molar-refractivity contribution in [2.24, 2.45) is 5.92 Å². The first-order chi connectivity index (χ1) is 9.09. The van der Waals surface area contributed by atoms with Crippen molar-refractivity contribution in [1.82, 2.24) is 16.0 Å². The summed E-state index contributed by atoms with van der Waals surface area (Å²) in [5.41, 5.74) is 0.617. The minimum absolute atomic E-state index is 0.134. The molecule has 1 aromatic carbocycles. The second kappa shape index (κ2) is 8.13. The Morgan fingerprint density at radius 1 is 1.00 bits per heavy atom. The van der Waals surface area contributed by atoms with Gasteiger partial charge in [-0.3, -0.25) is 4.79 Å². The van der Waals surface area contributed by atoms with E-state index in [-0.39, 0.29) is 11.9 Å². The highest BCUT2D eigenvalue weighted by Crippen LogP contribution is 1.96. The number of hydrogen-bond donors (Lipinski definition) is 3. The van der Waals surface area contributed by atoms with Crippen LogP contribution in [0.25, 0.3) is 0 Å². The van der Waals surface area contributed by atoms with Gasteiger partial charge in [-0.1, -0.05) is 32.0 Å². The van der Waals surface area contributed by atoms with E-state index in [9.17, 15) is 9.59 Å². The highest BCUT2D eigenvalue weighted by Gasteiger charge is 2.04. The van der Waals surface area contributed by atoms with Crippen LogP contribution < -0.4 is 16.0 Å². The van der Waals surface area contributed by atoms with Crippen LogP contribution in [0.5, 0.6) is 0 Å². The number of hydrogen-bond acceptors (Lipinski definition) is 2. The zero-order chi connectivity index (χ0) is 14.1. The van der Waals surface area contributed by atoms with Crippen molar-refractivity contribution < 1.29 is 9.59 Å². The predicted octanol–water partition coefficient (Wildman–Crippen LogP) is 1.37. The standard InChI is InChI=1S/C14H21N3O2/c1-11(2)10-17-14(19)16-9-8-15-13(18)12-6-4-3-5-7-12/h3-7,11H,8-10H2,1-2H3,(H,15,18)(H2,16,17,19). The molecule has 0 fully saturated rings. The number of nitrogens with one attached hydrogen (secondary N) is 3. The van der Waals surface area contributed by atoms with E-state index >= 15 is 0 Å². The molecule has 0 heterocycles. The Kier molecular flexibility index (Phi) is 6.43. The summed E-state index contributed by atoms with van der Waals surface area (Å²) in [6.07, 6.45) is 0. The fourth-order valence-electron chi connectivity index (χ4n) is 1.40. The van der Waals surface area contributed by atoms with Crippen molar-refractivity contribution >= 4 is 11.9 Å². The summed E-state index contributed by atoms with van der Waals surface area (Å²) < 4.78 is 0. The van der Waals surface area contributed by atoms with Crippen LogP contribution in [-0.2, 0) is 0 Å². The summed E-state index contributed by atoms with van der Waals surface area (Å²) in [5.74, 6) is 0.286. The second-order valence-electron chi connectivity index (χ2n) is 4.65. The number of carbonyl (C=O) groups excluding carboxylic acids is 2. The van der Waals surface area contributed by atoms with Crippen LogP contribution >= 0.6 is 0 Å². The average Bonchev–Trinajstić information content (AvgIpc) is 2.42. The maximum Gasteiger partial charge on any atom is 0.314 e. The van der Waals surface area contributed by atoms with Crippen molar-refractivity contribution in [1.29, 1.82) is 0 Å². The first kappa shape index (κ1) is 15.0. The van der Waals surface area contributed by atoms with Gasteiger partial charge in [0.15, 0.2) is 0 Å². The Morgan fingerprint density at radius 3 is 2.26 bits per heavy atom. The second-order valence-corrected chi connectivity index (χ2v) is 4.65. The van der Waals surface area contributed by atoms with Gasteiger partial charge < -0.3 is 16.0 Å². The van der Waals surface area contributed by atoms with E-state index in [0.717, 1.165) is 0 Å². The van der Waals surface area contributed by atoms with Crippen molar-refractivity contribution in [3.8, 4) is 0 Å². The summed E-state index contributed by atoms with van der Waals surface area (Å²) in [5, 5.41) is 8.16. The maximum absolute atomic E-state index is 11.7. The van der Waals surface area contributed by atoms with Gasteiger partial charge in [0.25, 0.3) is 5.91 Å². The van der Waals surface area contributed by atoms with Crippen LogP contribution in [0.15, 0.2) is 30.3 Å². The lowest BCUT2D eigenvalue weighted by atomic mass is 10.2. The summed E-state index contributed by atoms with van der Waals surface area (Å²) >= 11 is 0. The van der Waals surface area contributed by atoms with Crippen molar-refractivity contribution in [3.63, 3.8) is 0 Å². The molecule has 1 rings (SSSR count). The predicted molar refractivity (Wildman–Crippen MR) is 75.0 cm³/mol. The fourth-order valence-corrected chi connectivity index (χ4v) is 1.40. The normalized spacial score (nSPS) is 10.1. The molecule has 0 radical (unpaired) electrons. The van der Waals surface area contributed by atoms with Gasteiger partial charge in [-0.25, -0.2) is 4.79 Å². The molecule has 0 aliphatic carbocycles. The number of benzene rings is 1. The number of urea groups is 1. The average molecular weight is 263 g/mol. The highest BCUT2D eigenvalue weighted by molar-refractivity contribution is 5.94. The summed E-state index contributed by atoms with van der Waals surface area (Å²) in [4.78, 5) is 23.0. The lowest BCUT2D eigenvalue weighted by Crippen LogP contribution is -2.41. The largest absolute Gasteiger partial charge is 0.350 e. The van der Waals surface area contributed by atoms with Crippen LogP contribution in [0.1, 0.15) is 24.2 Å². The van der Waals surface area contributed by atoms with E-state index in [1.54, 1.807) is 12.1 Å². The third-order valence-corrected chi connectivity index (χ3v) is 2.40. The van der Waals surface area contributed by atoms with Crippen molar-refractivity contribution in [2.45, 2.75) is 13.8 Å². The van der Waals surface area contributed by atoms with Gasteiger partial charge in [0.05, 0.1) is 0 Å². The van der Waals surface area contributed by atoms with E-state index in [0.29, 0.717) is 31.1 Å². The number of rotatable bonds is 6. The highest BCUT2D eigenvalue weighted by atomic mass is 16.2. The monoisotopic (exact) mass is 263 g/mol. The zero-order valence-corrected chi connectivity index (χ0v) is 11.4. The minimum Gasteiger partial charge on any atom is -0.350 e. The molecule has 0 saturated carbocycles. The van der Waals surface area contributed by atoms with Gasteiger partial charge in [-0.05, 0) is 18.1 Å². The van der Waals surface area contributed by atoms with Crippen LogP contribution in [0.4, 0.5) is 4.79 Å². The Morgan fingerprint density at radius 2 is 1.63 bits per heavy atom. The quantitative estimate of drug-likeness (QED) is 0.678. The first-order valence-electron chi connectivity index (χ1n) is 6.44.